The van der Waals surface area contributed by atoms with Gasteiger partial charge in [-0.15, -0.1) is 0 Å². The zero-order valence-corrected chi connectivity index (χ0v) is 17.0. The van der Waals surface area contributed by atoms with Gasteiger partial charge in [-0.3, -0.25) is 4.79 Å². The largest absolute Gasteiger partial charge is 0.461 e. The van der Waals surface area contributed by atoms with Crippen LogP contribution in [0.15, 0.2) is 27.9 Å². The van der Waals surface area contributed by atoms with Crippen molar-refractivity contribution in [3.8, 4) is 11.5 Å². The van der Waals surface area contributed by atoms with Gasteiger partial charge in [0.25, 0.3) is 0 Å². The van der Waals surface area contributed by atoms with E-state index in [1.807, 2.05) is 6.07 Å². The number of thioether (sulfide) groups is 1. The van der Waals surface area contributed by atoms with Gasteiger partial charge in [0.05, 0.1) is 5.57 Å². The topological polar surface area (TPSA) is 73.9 Å². The standard InChI is InChI=1S/C18H20BrNO5S/c1-3-26-5-4-23-18(22)17-10(2)20-16(21)7-12(17)11-6-14-15(8-13(11)19)25-9-24-14/h6,8,12H,3-5,7,9H2,1-2H3,(H,20,21). The molecular weight excluding hydrogens is 422 g/mol. The van der Waals surface area contributed by atoms with Crippen LogP contribution in [0.2, 0.25) is 0 Å². The van der Waals surface area contributed by atoms with Gasteiger partial charge in [0, 0.05) is 28.3 Å². The second-order valence-corrected chi connectivity index (χ2v) is 8.15. The minimum Gasteiger partial charge on any atom is -0.461 e. The number of halogens is 1. The lowest BCUT2D eigenvalue weighted by Crippen LogP contribution is -2.34. The molecule has 0 fully saturated rings. The Morgan fingerprint density at radius 2 is 2.12 bits per heavy atom. The van der Waals surface area contributed by atoms with Crippen LogP contribution in [0.1, 0.15) is 31.7 Å². The molecule has 1 N–H and O–H groups in total. The number of rotatable bonds is 6. The molecule has 1 aromatic carbocycles. The molecule has 2 heterocycles. The zero-order chi connectivity index (χ0) is 18.7. The first kappa shape index (κ1) is 19.1. The van der Waals surface area contributed by atoms with Crippen LogP contribution in [0.5, 0.6) is 11.5 Å². The molecule has 140 valence electrons. The Bertz CT molecular complexity index is 764. The SMILES string of the molecule is CCSCCOC(=O)C1=C(C)NC(=O)CC1c1cc2c(cc1Br)OCO2. The third kappa shape index (κ3) is 4.01. The molecule has 0 aromatic heterocycles. The molecular formula is C18H20BrNO5S. The Labute approximate surface area is 164 Å². The van der Waals surface area contributed by atoms with E-state index in [2.05, 4.69) is 28.2 Å². The van der Waals surface area contributed by atoms with Gasteiger partial charge in [-0.05, 0) is 30.4 Å². The summed E-state index contributed by atoms with van der Waals surface area (Å²) in [5, 5.41) is 2.75. The van der Waals surface area contributed by atoms with Crippen LogP contribution < -0.4 is 14.8 Å². The van der Waals surface area contributed by atoms with Gasteiger partial charge < -0.3 is 19.5 Å². The van der Waals surface area contributed by atoms with Gasteiger partial charge in [0.1, 0.15) is 6.61 Å². The molecule has 2 aliphatic heterocycles. The average Bonchev–Trinajstić information content (AvgIpc) is 3.04. The first-order valence-corrected chi connectivity index (χ1v) is 10.3. The number of ether oxygens (including phenoxy) is 3. The van der Waals surface area contributed by atoms with Crippen molar-refractivity contribution >= 4 is 39.6 Å². The lowest BCUT2D eigenvalue weighted by Gasteiger charge is -2.27. The fraction of sp³-hybridized carbons (Fsp3) is 0.444. The molecule has 1 amide bonds. The molecule has 0 saturated heterocycles. The third-order valence-corrected chi connectivity index (χ3v) is 5.77. The van der Waals surface area contributed by atoms with Crippen LogP contribution in [0.25, 0.3) is 0 Å². The average molecular weight is 442 g/mol. The van der Waals surface area contributed by atoms with E-state index in [-0.39, 0.29) is 19.1 Å². The number of carbonyl (C=O) groups excluding carboxylic acids is 2. The van der Waals surface area contributed by atoms with Crippen LogP contribution in [0.3, 0.4) is 0 Å². The van der Waals surface area contributed by atoms with Gasteiger partial charge in [0.2, 0.25) is 12.7 Å². The molecule has 8 heteroatoms. The molecule has 1 atom stereocenters. The van der Waals surface area contributed by atoms with Gasteiger partial charge in [-0.1, -0.05) is 22.9 Å². The maximum Gasteiger partial charge on any atom is 0.336 e. The van der Waals surface area contributed by atoms with E-state index in [9.17, 15) is 9.59 Å². The molecule has 0 radical (unpaired) electrons. The lowest BCUT2D eigenvalue weighted by molar-refractivity contribution is -0.139. The highest BCUT2D eigenvalue weighted by Crippen LogP contribution is 2.43. The highest BCUT2D eigenvalue weighted by molar-refractivity contribution is 9.10. The maximum absolute atomic E-state index is 12.7. The smallest absolute Gasteiger partial charge is 0.336 e. The summed E-state index contributed by atoms with van der Waals surface area (Å²) in [7, 11) is 0. The Morgan fingerprint density at radius 1 is 1.38 bits per heavy atom. The van der Waals surface area contributed by atoms with Gasteiger partial charge in [-0.2, -0.15) is 11.8 Å². The van der Waals surface area contributed by atoms with Crippen LogP contribution in [-0.2, 0) is 14.3 Å². The van der Waals surface area contributed by atoms with Gasteiger partial charge in [-0.25, -0.2) is 4.79 Å². The summed E-state index contributed by atoms with van der Waals surface area (Å²) in [5.41, 5.74) is 1.81. The van der Waals surface area contributed by atoms with Crippen LogP contribution in [-0.4, -0.2) is 36.8 Å². The number of esters is 1. The summed E-state index contributed by atoms with van der Waals surface area (Å²) in [6, 6.07) is 3.63. The van der Waals surface area contributed by atoms with E-state index in [0.717, 1.165) is 21.5 Å². The van der Waals surface area contributed by atoms with E-state index in [0.29, 0.717) is 29.4 Å². The fourth-order valence-corrected chi connectivity index (χ4v) is 4.14. The van der Waals surface area contributed by atoms with Crippen LogP contribution in [0, 0.1) is 0 Å². The van der Waals surface area contributed by atoms with E-state index >= 15 is 0 Å². The predicted molar refractivity (Wildman–Crippen MR) is 102 cm³/mol. The second-order valence-electron chi connectivity index (χ2n) is 5.90. The van der Waals surface area contributed by atoms with Crippen molar-refractivity contribution in [2.75, 3.05) is 24.9 Å². The highest BCUT2D eigenvalue weighted by atomic mass is 79.9. The number of hydrogen-bond donors (Lipinski definition) is 1. The van der Waals surface area contributed by atoms with E-state index in [1.54, 1.807) is 24.8 Å². The number of carbonyl (C=O) groups is 2. The van der Waals surface area contributed by atoms with E-state index in [4.69, 9.17) is 14.2 Å². The zero-order valence-electron chi connectivity index (χ0n) is 14.6. The molecule has 0 bridgehead atoms. The number of amides is 1. The molecule has 26 heavy (non-hydrogen) atoms. The minimum absolute atomic E-state index is 0.129. The Hall–Kier alpha value is -1.67. The summed E-state index contributed by atoms with van der Waals surface area (Å²) >= 11 is 5.24. The quantitative estimate of drug-likeness (QED) is 0.538. The number of allylic oxidation sites excluding steroid dienone is 1. The third-order valence-electron chi connectivity index (χ3n) is 4.22. The first-order chi connectivity index (χ1) is 12.5. The predicted octanol–water partition coefficient (Wildman–Crippen LogP) is 3.35. The number of fused-ring (bicyclic) bond motifs is 1. The Balaban J connectivity index is 1.90. The lowest BCUT2D eigenvalue weighted by atomic mass is 9.84. The van der Waals surface area contributed by atoms with Crippen molar-refractivity contribution in [1.29, 1.82) is 0 Å². The number of nitrogens with one attached hydrogen (secondary N) is 1. The summed E-state index contributed by atoms with van der Waals surface area (Å²) in [4.78, 5) is 24.8. The van der Waals surface area contributed by atoms with E-state index < -0.39 is 11.9 Å². The van der Waals surface area contributed by atoms with Crippen molar-refractivity contribution in [2.24, 2.45) is 0 Å². The molecule has 0 saturated carbocycles. The summed E-state index contributed by atoms with van der Waals surface area (Å²) in [6.07, 6.45) is 0.170. The number of hydrogen-bond acceptors (Lipinski definition) is 6. The second kappa shape index (κ2) is 8.35. The van der Waals surface area contributed by atoms with Crippen LogP contribution >= 0.6 is 27.7 Å². The molecule has 1 aromatic rings. The van der Waals surface area contributed by atoms with E-state index in [1.165, 1.54) is 0 Å². The summed E-state index contributed by atoms with van der Waals surface area (Å²) in [5.74, 6) is 2.05. The molecule has 6 nitrogen and oxygen atoms in total. The summed E-state index contributed by atoms with van der Waals surface area (Å²) < 4.78 is 17.0. The van der Waals surface area contributed by atoms with Crippen molar-refractivity contribution in [2.45, 2.75) is 26.2 Å². The fourth-order valence-electron chi connectivity index (χ4n) is 3.05. The van der Waals surface area contributed by atoms with Gasteiger partial charge >= 0.3 is 5.97 Å². The van der Waals surface area contributed by atoms with Crippen molar-refractivity contribution < 1.29 is 23.8 Å². The molecule has 0 aliphatic carbocycles. The normalized spacial score (nSPS) is 18.7. The molecule has 3 rings (SSSR count). The van der Waals surface area contributed by atoms with Crippen molar-refractivity contribution in [3.63, 3.8) is 0 Å². The number of benzene rings is 1. The van der Waals surface area contributed by atoms with Crippen molar-refractivity contribution in [3.05, 3.63) is 33.4 Å². The van der Waals surface area contributed by atoms with Gasteiger partial charge in [0.15, 0.2) is 11.5 Å². The minimum atomic E-state index is -0.404. The van der Waals surface area contributed by atoms with Crippen LogP contribution in [0.4, 0.5) is 0 Å². The summed E-state index contributed by atoms with van der Waals surface area (Å²) in [6.45, 7) is 4.29. The Morgan fingerprint density at radius 3 is 2.85 bits per heavy atom. The molecule has 1 unspecified atom stereocenters. The molecule has 2 aliphatic rings. The highest BCUT2D eigenvalue weighted by Gasteiger charge is 2.35. The van der Waals surface area contributed by atoms with Crippen molar-refractivity contribution in [1.82, 2.24) is 5.32 Å². The Kier molecular flexibility index (Phi) is 6.13. The maximum atomic E-state index is 12.7. The monoisotopic (exact) mass is 441 g/mol. The molecule has 0 spiro atoms. The first-order valence-electron chi connectivity index (χ1n) is 8.35.